The average molecular weight is 463 g/mol. The first kappa shape index (κ1) is 28.6. The van der Waals surface area contributed by atoms with Gasteiger partial charge in [-0.05, 0) is 42.3 Å². The van der Waals surface area contributed by atoms with Gasteiger partial charge in [0.15, 0.2) is 0 Å². The SMILES string of the molecule is COC(=O)C(Cc1ccccc1)NC(=O)[C@H](CC(=O)O)N(CCC(C)(C)C)CCC(C)(C)C. The minimum absolute atomic E-state index is 0.0338. The van der Waals surface area contributed by atoms with E-state index >= 15 is 0 Å². The number of carboxylic acid groups (broad SMARTS) is 1. The van der Waals surface area contributed by atoms with Gasteiger partial charge in [0.1, 0.15) is 6.04 Å². The zero-order chi connectivity index (χ0) is 25.2. The summed E-state index contributed by atoms with van der Waals surface area (Å²) < 4.78 is 4.91. The number of carbonyl (C=O) groups excluding carboxylic acids is 2. The summed E-state index contributed by atoms with van der Waals surface area (Å²) in [7, 11) is 1.28. The first-order valence-corrected chi connectivity index (χ1v) is 11.6. The number of carboxylic acids is 1. The summed E-state index contributed by atoms with van der Waals surface area (Å²) in [6.45, 7) is 13.9. The minimum Gasteiger partial charge on any atom is -0.481 e. The molecule has 2 N–H and O–H groups in total. The van der Waals surface area contributed by atoms with Crippen LogP contribution in [0.3, 0.4) is 0 Å². The summed E-state index contributed by atoms with van der Waals surface area (Å²) in [6.07, 6.45) is 1.55. The molecule has 0 saturated heterocycles. The van der Waals surface area contributed by atoms with E-state index in [1.807, 2.05) is 35.2 Å². The van der Waals surface area contributed by atoms with Gasteiger partial charge >= 0.3 is 11.9 Å². The molecule has 1 amide bonds. The van der Waals surface area contributed by atoms with Gasteiger partial charge in [-0.1, -0.05) is 71.9 Å². The van der Waals surface area contributed by atoms with E-state index in [9.17, 15) is 19.5 Å². The van der Waals surface area contributed by atoms with Crippen LogP contribution in [0.2, 0.25) is 0 Å². The lowest BCUT2D eigenvalue weighted by Gasteiger charge is -2.34. The minimum atomic E-state index is -1.05. The maximum absolute atomic E-state index is 13.4. The molecule has 1 unspecified atom stereocenters. The maximum atomic E-state index is 13.4. The quantitative estimate of drug-likeness (QED) is 0.457. The number of nitrogens with one attached hydrogen (secondary N) is 1. The third-order valence-corrected chi connectivity index (χ3v) is 5.49. The molecule has 0 spiro atoms. The fourth-order valence-electron chi connectivity index (χ4n) is 3.39. The highest BCUT2D eigenvalue weighted by Gasteiger charge is 2.33. The molecular formula is C26H42N2O5. The number of hydrogen-bond donors (Lipinski definition) is 2. The number of esters is 1. The van der Waals surface area contributed by atoms with Crippen LogP contribution in [0.25, 0.3) is 0 Å². The fourth-order valence-corrected chi connectivity index (χ4v) is 3.39. The number of aliphatic carboxylic acids is 1. The maximum Gasteiger partial charge on any atom is 0.328 e. The molecule has 1 rings (SSSR count). The monoisotopic (exact) mass is 462 g/mol. The van der Waals surface area contributed by atoms with E-state index < -0.39 is 29.9 Å². The van der Waals surface area contributed by atoms with Crippen LogP contribution in [-0.2, 0) is 25.5 Å². The van der Waals surface area contributed by atoms with Crippen molar-refractivity contribution in [3.05, 3.63) is 35.9 Å². The highest BCUT2D eigenvalue weighted by Crippen LogP contribution is 2.24. The molecule has 0 aliphatic heterocycles. The van der Waals surface area contributed by atoms with Gasteiger partial charge in [-0.2, -0.15) is 0 Å². The van der Waals surface area contributed by atoms with Gasteiger partial charge in [-0.15, -0.1) is 0 Å². The number of ether oxygens (including phenoxy) is 1. The third kappa shape index (κ3) is 11.9. The zero-order valence-electron chi connectivity index (χ0n) is 21.3. The second kappa shape index (κ2) is 12.7. The first-order valence-electron chi connectivity index (χ1n) is 11.6. The van der Waals surface area contributed by atoms with Gasteiger partial charge in [0.05, 0.1) is 19.6 Å². The van der Waals surface area contributed by atoms with E-state index in [4.69, 9.17) is 4.74 Å². The molecule has 2 atom stereocenters. The van der Waals surface area contributed by atoms with Crippen LogP contribution < -0.4 is 5.32 Å². The molecule has 0 fully saturated rings. The van der Waals surface area contributed by atoms with Gasteiger partial charge in [0.2, 0.25) is 5.91 Å². The van der Waals surface area contributed by atoms with Gasteiger partial charge in [-0.25, -0.2) is 4.79 Å². The van der Waals surface area contributed by atoms with Gasteiger partial charge in [-0.3, -0.25) is 14.5 Å². The van der Waals surface area contributed by atoms with Gasteiger partial charge in [0.25, 0.3) is 0 Å². The third-order valence-electron chi connectivity index (χ3n) is 5.49. The molecule has 1 aromatic rings. The van der Waals surface area contributed by atoms with Crippen molar-refractivity contribution in [2.24, 2.45) is 10.8 Å². The number of methoxy groups -OCH3 is 1. The Morgan fingerprint density at radius 3 is 1.91 bits per heavy atom. The van der Waals surface area contributed by atoms with E-state index in [1.165, 1.54) is 7.11 Å². The molecular weight excluding hydrogens is 420 g/mol. The Hall–Kier alpha value is -2.41. The predicted octanol–water partition coefficient (Wildman–Crippen LogP) is 3.90. The Morgan fingerprint density at radius 2 is 1.48 bits per heavy atom. The van der Waals surface area contributed by atoms with Crippen molar-refractivity contribution in [1.82, 2.24) is 10.2 Å². The van der Waals surface area contributed by atoms with E-state index in [-0.39, 0.29) is 23.7 Å². The Bertz CT molecular complexity index is 747. The highest BCUT2D eigenvalue weighted by atomic mass is 16.5. The van der Waals surface area contributed by atoms with Crippen molar-refractivity contribution in [3.63, 3.8) is 0 Å². The summed E-state index contributed by atoms with van der Waals surface area (Å²) in [5, 5.41) is 12.3. The normalized spacial score (nSPS) is 13.9. The van der Waals surface area contributed by atoms with E-state index in [0.29, 0.717) is 13.1 Å². The lowest BCUT2D eigenvalue weighted by atomic mass is 9.90. The molecule has 0 aliphatic carbocycles. The molecule has 0 aromatic heterocycles. The lowest BCUT2D eigenvalue weighted by Crippen LogP contribution is -2.54. The van der Waals surface area contributed by atoms with Crippen LogP contribution in [0.5, 0.6) is 0 Å². The van der Waals surface area contributed by atoms with E-state index in [1.54, 1.807) is 0 Å². The summed E-state index contributed by atoms with van der Waals surface area (Å²) >= 11 is 0. The largest absolute Gasteiger partial charge is 0.481 e. The fraction of sp³-hybridized carbons (Fsp3) is 0.654. The number of benzene rings is 1. The summed E-state index contributed by atoms with van der Waals surface area (Å²) in [5.74, 6) is -2.08. The molecule has 0 radical (unpaired) electrons. The number of nitrogens with zero attached hydrogens (tertiary/aromatic N) is 1. The standard InChI is InChI=1S/C26H42N2O5/c1-25(2,3)13-15-28(16-14-26(4,5)6)21(18-22(29)30)23(31)27-20(24(32)33-7)17-19-11-9-8-10-12-19/h8-12,20-21H,13-18H2,1-7H3,(H,27,31)(H,29,30)/t20?,21-/m0/s1. The molecule has 0 aliphatic rings. The van der Waals surface area contributed by atoms with Crippen molar-refractivity contribution in [1.29, 1.82) is 0 Å². The van der Waals surface area contributed by atoms with E-state index in [2.05, 4.69) is 46.9 Å². The topological polar surface area (TPSA) is 95.9 Å². The van der Waals surface area contributed by atoms with Crippen LogP contribution >= 0.6 is 0 Å². The Kier molecular flexibility index (Phi) is 11.0. The predicted molar refractivity (Wildman–Crippen MR) is 130 cm³/mol. The zero-order valence-corrected chi connectivity index (χ0v) is 21.3. The summed E-state index contributed by atoms with van der Waals surface area (Å²) in [6, 6.07) is 7.56. The second-order valence-electron chi connectivity index (χ2n) is 11.0. The Morgan fingerprint density at radius 1 is 0.970 bits per heavy atom. The molecule has 0 saturated carbocycles. The van der Waals surface area contributed by atoms with Crippen molar-refractivity contribution >= 4 is 17.8 Å². The smallest absolute Gasteiger partial charge is 0.328 e. The number of amides is 1. The average Bonchev–Trinajstić information content (AvgIpc) is 2.70. The highest BCUT2D eigenvalue weighted by molar-refractivity contribution is 5.90. The van der Waals surface area contributed by atoms with Crippen LogP contribution in [0.1, 0.15) is 66.4 Å². The van der Waals surface area contributed by atoms with Crippen molar-refractivity contribution < 1.29 is 24.2 Å². The van der Waals surface area contributed by atoms with Gasteiger partial charge < -0.3 is 15.2 Å². The molecule has 33 heavy (non-hydrogen) atoms. The number of carbonyl (C=O) groups is 3. The molecule has 1 aromatic carbocycles. The van der Waals surface area contributed by atoms with Crippen LogP contribution in [0.4, 0.5) is 0 Å². The summed E-state index contributed by atoms with van der Waals surface area (Å²) in [4.78, 5) is 39.4. The van der Waals surface area contributed by atoms with Crippen LogP contribution in [0.15, 0.2) is 30.3 Å². The van der Waals surface area contributed by atoms with E-state index in [0.717, 1.165) is 18.4 Å². The molecule has 7 heteroatoms. The number of hydrogen-bond acceptors (Lipinski definition) is 5. The van der Waals surface area contributed by atoms with Crippen molar-refractivity contribution in [2.75, 3.05) is 20.2 Å². The second-order valence-corrected chi connectivity index (χ2v) is 11.0. The van der Waals surface area contributed by atoms with Crippen molar-refractivity contribution in [3.8, 4) is 0 Å². The molecule has 186 valence electrons. The van der Waals surface area contributed by atoms with Crippen molar-refractivity contribution in [2.45, 2.75) is 79.3 Å². The first-order chi connectivity index (χ1) is 15.2. The molecule has 7 nitrogen and oxygen atoms in total. The van der Waals surface area contributed by atoms with Crippen LogP contribution in [0, 0.1) is 10.8 Å². The van der Waals surface area contributed by atoms with Crippen LogP contribution in [-0.4, -0.2) is 60.1 Å². The number of rotatable bonds is 12. The van der Waals surface area contributed by atoms with Gasteiger partial charge in [0, 0.05) is 6.42 Å². The lowest BCUT2D eigenvalue weighted by molar-refractivity contribution is -0.146. The Balaban J connectivity index is 3.14. The molecule has 0 bridgehead atoms. The Labute approximate surface area is 198 Å². The summed E-state index contributed by atoms with van der Waals surface area (Å²) in [5.41, 5.74) is 0.943. The molecule has 0 heterocycles.